The maximum Gasteiger partial charge on any atom is 0.238 e. The highest BCUT2D eigenvalue weighted by molar-refractivity contribution is 8.15. The third kappa shape index (κ3) is 5.56. The molecule has 0 saturated carbocycles. The Kier molecular flexibility index (Phi) is 7.05. The van der Waals surface area contributed by atoms with Gasteiger partial charge in [-0.15, -0.1) is 0 Å². The van der Waals surface area contributed by atoms with Crippen LogP contribution in [0.5, 0.6) is 17.2 Å². The number of aliphatic imine (C=N–C) groups is 1. The second-order valence-corrected chi connectivity index (χ2v) is 10.0. The SMILES string of the molecule is COc1ccc(N=C2S[C@@H](C(=O)Nc3ccc(C)cc3C)CC(=O)N2Cc2ccc3c(c2)OCO3)cc1. The molecule has 0 aliphatic carbocycles. The predicted molar refractivity (Wildman–Crippen MR) is 144 cm³/mol. The molecule has 0 aromatic heterocycles. The molecular formula is C28H27N3O5S. The molecule has 0 unspecified atom stereocenters. The summed E-state index contributed by atoms with van der Waals surface area (Å²) in [6.45, 7) is 4.43. The summed E-state index contributed by atoms with van der Waals surface area (Å²) < 4.78 is 16.1. The summed E-state index contributed by atoms with van der Waals surface area (Å²) in [6, 6.07) is 18.7. The third-order valence-corrected chi connectivity index (χ3v) is 7.33. The van der Waals surface area contributed by atoms with E-state index in [4.69, 9.17) is 19.2 Å². The average Bonchev–Trinajstić information content (AvgIpc) is 3.36. The van der Waals surface area contributed by atoms with Gasteiger partial charge in [0.2, 0.25) is 18.6 Å². The zero-order valence-corrected chi connectivity index (χ0v) is 21.6. The lowest BCUT2D eigenvalue weighted by atomic mass is 10.1. The molecule has 37 heavy (non-hydrogen) atoms. The number of amides is 2. The van der Waals surface area contributed by atoms with Gasteiger partial charge in [0.25, 0.3) is 0 Å². The fourth-order valence-electron chi connectivity index (χ4n) is 4.15. The van der Waals surface area contributed by atoms with Crippen molar-refractivity contribution in [3.63, 3.8) is 0 Å². The molecule has 1 N–H and O–H groups in total. The molecule has 0 spiro atoms. The highest BCUT2D eigenvalue weighted by Crippen LogP contribution is 2.35. The number of carbonyl (C=O) groups is 2. The number of nitrogens with one attached hydrogen (secondary N) is 1. The summed E-state index contributed by atoms with van der Waals surface area (Å²) in [5.74, 6) is 1.63. The van der Waals surface area contributed by atoms with Crippen molar-refractivity contribution in [1.29, 1.82) is 0 Å². The van der Waals surface area contributed by atoms with Crippen molar-refractivity contribution in [3.05, 3.63) is 77.4 Å². The van der Waals surface area contributed by atoms with Crippen molar-refractivity contribution < 1.29 is 23.8 Å². The van der Waals surface area contributed by atoms with Gasteiger partial charge in [-0.1, -0.05) is 35.5 Å². The fourth-order valence-corrected chi connectivity index (χ4v) is 5.25. The zero-order chi connectivity index (χ0) is 25.9. The monoisotopic (exact) mass is 517 g/mol. The van der Waals surface area contributed by atoms with E-state index in [2.05, 4.69) is 5.32 Å². The number of hydrogen-bond acceptors (Lipinski definition) is 7. The molecule has 3 aromatic rings. The van der Waals surface area contributed by atoms with E-state index in [1.807, 2.05) is 62.4 Å². The number of ether oxygens (including phenoxy) is 3. The fraction of sp³-hybridized carbons (Fsp3) is 0.250. The number of hydrogen-bond donors (Lipinski definition) is 1. The minimum atomic E-state index is -0.613. The Labute approximate surface area is 219 Å². The summed E-state index contributed by atoms with van der Waals surface area (Å²) in [7, 11) is 1.60. The van der Waals surface area contributed by atoms with Crippen molar-refractivity contribution in [2.24, 2.45) is 4.99 Å². The van der Waals surface area contributed by atoms with E-state index in [1.165, 1.54) is 11.8 Å². The highest BCUT2D eigenvalue weighted by atomic mass is 32.2. The Morgan fingerprint density at radius 3 is 2.62 bits per heavy atom. The largest absolute Gasteiger partial charge is 0.497 e. The van der Waals surface area contributed by atoms with Gasteiger partial charge < -0.3 is 19.5 Å². The number of rotatable bonds is 6. The van der Waals surface area contributed by atoms with Gasteiger partial charge in [0.1, 0.15) is 11.0 Å². The van der Waals surface area contributed by atoms with Crippen LogP contribution in [0.25, 0.3) is 0 Å². The number of nitrogens with zero attached hydrogens (tertiary/aromatic N) is 2. The first-order valence-electron chi connectivity index (χ1n) is 11.9. The number of amidine groups is 1. The molecule has 2 heterocycles. The molecule has 3 aromatic carbocycles. The molecule has 0 radical (unpaired) electrons. The van der Waals surface area contributed by atoms with Gasteiger partial charge in [-0.25, -0.2) is 4.99 Å². The number of methoxy groups -OCH3 is 1. The predicted octanol–water partition coefficient (Wildman–Crippen LogP) is 5.20. The minimum Gasteiger partial charge on any atom is -0.497 e. The van der Waals surface area contributed by atoms with Gasteiger partial charge in [-0.3, -0.25) is 14.5 Å². The van der Waals surface area contributed by atoms with Crippen molar-refractivity contribution in [2.45, 2.75) is 32.1 Å². The Bertz CT molecular complexity index is 1370. The first kappa shape index (κ1) is 24.7. The van der Waals surface area contributed by atoms with Crippen LogP contribution in [0.3, 0.4) is 0 Å². The number of benzene rings is 3. The van der Waals surface area contributed by atoms with Crippen molar-refractivity contribution in [3.8, 4) is 17.2 Å². The number of aryl methyl sites for hydroxylation is 2. The van der Waals surface area contributed by atoms with Crippen LogP contribution in [0.1, 0.15) is 23.1 Å². The topological polar surface area (TPSA) is 89.5 Å². The Morgan fingerprint density at radius 1 is 1.08 bits per heavy atom. The van der Waals surface area contributed by atoms with E-state index in [0.717, 1.165) is 22.4 Å². The molecule has 2 aliphatic rings. The molecule has 2 aliphatic heterocycles. The molecule has 1 atom stereocenters. The maximum atomic E-state index is 13.4. The summed E-state index contributed by atoms with van der Waals surface area (Å²) >= 11 is 1.29. The highest BCUT2D eigenvalue weighted by Gasteiger charge is 2.36. The van der Waals surface area contributed by atoms with Crippen LogP contribution in [0.2, 0.25) is 0 Å². The molecule has 1 fully saturated rings. The van der Waals surface area contributed by atoms with Crippen LogP contribution in [-0.4, -0.2) is 41.0 Å². The molecule has 2 amide bonds. The molecule has 9 heteroatoms. The van der Waals surface area contributed by atoms with E-state index in [0.29, 0.717) is 34.6 Å². The molecule has 5 rings (SSSR count). The average molecular weight is 518 g/mol. The van der Waals surface area contributed by atoms with Gasteiger partial charge in [0, 0.05) is 12.1 Å². The zero-order valence-electron chi connectivity index (χ0n) is 20.8. The normalized spacial score (nSPS) is 17.7. The van der Waals surface area contributed by atoms with Crippen molar-refractivity contribution >= 4 is 40.1 Å². The number of fused-ring (bicyclic) bond motifs is 1. The Hall–Kier alpha value is -3.98. The second-order valence-electron chi connectivity index (χ2n) is 8.88. The molecule has 190 valence electrons. The van der Waals surface area contributed by atoms with Gasteiger partial charge in [0.05, 0.1) is 19.3 Å². The van der Waals surface area contributed by atoms with Crippen LogP contribution in [0.15, 0.2) is 65.7 Å². The van der Waals surface area contributed by atoms with Crippen LogP contribution >= 0.6 is 11.8 Å². The minimum absolute atomic E-state index is 0.0631. The van der Waals surface area contributed by atoms with Crippen LogP contribution < -0.4 is 19.5 Å². The summed E-state index contributed by atoms with van der Waals surface area (Å²) in [5, 5.41) is 2.83. The number of carbonyl (C=O) groups excluding carboxylic acids is 2. The molecule has 1 saturated heterocycles. The standard InChI is InChI=1S/C28H27N3O5S/c1-17-4-10-22(18(2)12-17)30-27(33)25-14-26(32)31(15-19-5-11-23-24(13-19)36-16-35-23)28(37-25)29-20-6-8-21(34-3)9-7-20/h4-13,25H,14-16H2,1-3H3,(H,30,33)/t25-/m1/s1. The van der Waals surface area contributed by atoms with Gasteiger partial charge in [0.15, 0.2) is 16.7 Å². The quantitative estimate of drug-likeness (QED) is 0.483. The van der Waals surface area contributed by atoms with Crippen LogP contribution in [0, 0.1) is 13.8 Å². The van der Waals surface area contributed by atoms with Gasteiger partial charge in [-0.05, 0) is 67.4 Å². The summed E-state index contributed by atoms with van der Waals surface area (Å²) in [6.07, 6.45) is 0.0631. The van der Waals surface area contributed by atoms with Gasteiger partial charge in [-0.2, -0.15) is 0 Å². The molecule has 8 nitrogen and oxygen atoms in total. The lowest BCUT2D eigenvalue weighted by Gasteiger charge is -2.32. The maximum absolute atomic E-state index is 13.4. The van der Waals surface area contributed by atoms with E-state index < -0.39 is 5.25 Å². The number of anilines is 1. The first-order chi connectivity index (χ1) is 17.9. The summed E-state index contributed by atoms with van der Waals surface area (Å²) in [4.78, 5) is 33.0. The molecular weight excluding hydrogens is 490 g/mol. The van der Waals surface area contributed by atoms with E-state index >= 15 is 0 Å². The van der Waals surface area contributed by atoms with Crippen LogP contribution in [-0.2, 0) is 16.1 Å². The Morgan fingerprint density at radius 2 is 1.86 bits per heavy atom. The number of thioether (sulfide) groups is 1. The van der Waals surface area contributed by atoms with E-state index in [1.54, 1.807) is 24.1 Å². The Balaban J connectivity index is 1.41. The van der Waals surface area contributed by atoms with Crippen molar-refractivity contribution in [1.82, 2.24) is 4.90 Å². The second kappa shape index (κ2) is 10.6. The summed E-state index contributed by atoms with van der Waals surface area (Å²) in [5.41, 5.74) is 4.35. The van der Waals surface area contributed by atoms with Gasteiger partial charge >= 0.3 is 0 Å². The van der Waals surface area contributed by atoms with Crippen molar-refractivity contribution in [2.75, 3.05) is 19.2 Å². The third-order valence-electron chi connectivity index (χ3n) is 6.15. The smallest absolute Gasteiger partial charge is 0.238 e. The first-order valence-corrected chi connectivity index (χ1v) is 12.7. The lowest BCUT2D eigenvalue weighted by molar-refractivity contribution is -0.129. The lowest BCUT2D eigenvalue weighted by Crippen LogP contribution is -2.44. The molecule has 0 bridgehead atoms. The van der Waals surface area contributed by atoms with E-state index in [-0.39, 0.29) is 25.0 Å². The van der Waals surface area contributed by atoms with Crippen LogP contribution in [0.4, 0.5) is 11.4 Å². The van der Waals surface area contributed by atoms with E-state index in [9.17, 15) is 9.59 Å².